The van der Waals surface area contributed by atoms with Crippen molar-refractivity contribution in [1.29, 1.82) is 0 Å². The number of benzene rings is 5. The highest BCUT2D eigenvalue weighted by atomic mass is 19.1. The minimum atomic E-state index is -1.70. The number of rotatable bonds is 20. The summed E-state index contributed by atoms with van der Waals surface area (Å²) in [5.74, 6) is -2.26. The van der Waals surface area contributed by atoms with Crippen molar-refractivity contribution in [3.05, 3.63) is 284 Å². The van der Waals surface area contributed by atoms with Gasteiger partial charge in [0.2, 0.25) is 0 Å². The molecule has 10 N–H and O–H groups in total. The second kappa shape index (κ2) is 36.0. The maximum absolute atomic E-state index is 14.1. The number of urea groups is 5. The van der Waals surface area contributed by atoms with E-state index < -0.39 is 99.0 Å². The quantitative estimate of drug-likeness (QED) is 0.0333. The molecular weight excluding hydrogens is 1900 g/mol. The van der Waals surface area contributed by atoms with Gasteiger partial charge in [0.1, 0.15) is 74.2 Å². The topological polar surface area (TPSA) is 569 Å². The van der Waals surface area contributed by atoms with E-state index in [2.05, 4.69) is 78.3 Å². The second-order valence-corrected chi connectivity index (χ2v) is 35.1. The van der Waals surface area contributed by atoms with Gasteiger partial charge in [0.15, 0.2) is 56.0 Å². The number of carbonyl (C=O) groups is 15. The Bertz CT molecular complexity index is 7720. The molecule has 9 aromatic heterocycles. The minimum Gasteiger partial charge on any atom is -0.497 e. The van der Waals surface area contributed by atoms with Gasteiger partial charge in [0.05, 0.1) is 86.4 Å². The second-order valence-electron chi connectivity index (χ2n) is 35.1. The van der Waals surface area contributed by atoms with Crippen molar-refractivity contribution in [3.63, 3.8) is 0 Å². The van der Waals surface area contributed by atoms with Gasteiger partial charge in [-0.1, -0.05) is 35.5 Å². The smallest absolute Gasteiger partial charge is 0.322 e. The first kappa shape index (κ1) is 93.6. The van der Waals surface area contributed by atoms with Gasteiger partial charge >= 0.3 is 30.2 Å². The van der Waals surface area contributed by atoms with E-state index in [4.69, 9.17) is 45.9 Å². The number of amides is 20. The lowest BCUT2D eigenvalue weighted by Gasteiger charge is -2.29. The normalized spacial score (nSPS) is 20.7. The number of fused-ring (bicyclic) bond motifs is 9. The van der Waals surface area contributed by atoms with Crippen LogP contribution in [-0.2, 0) is 84.4 Å². The van der Waals surface area contributed by atoms with Gasteiger partial charge in [-0.25, -0.2) is 42.7 Å². The Morgan fingerprint density at radius 3 is 1.01 bits per heavy atom. The average molecular weight is 1980 g/mol. The Morgan fingerprint density at radius 2 is 0.669 bits per heavy atom. The summed E-state index contributed by atoms with van der Waals surface area (Å²) in [6, 6.07) is 36.8. The molecule has 0 unspecified atom stereocenters. The fraction of sp³-hybridized carbons (Fsp3) is 0.224. The molecule has 736 valence electrons. The van der Waals surface area contributed by atoms with Gasteiger partial charge in [-0.2, -0.15) is 0 Å². The summed E-state index contributed by atoms with van der Waals surface area (Å²) in [4.78, 5) is 212. The molecule has 0 saturated carbocycles. The number of imide groups is 5. The molecule has 10 aliphatic rings. The molecule has 10 aliphatic heterocycles. The summed E-state index contributed by atoms with van der Waals surface area (Å²) in [5.41, 5.74) is 1.79. The van der Waals surface area contributed by atoms with E-state index >= 15 is 0 Å². The Balaban J connectivity index is 0.000000111. The zero-order valence-corrected chi connectivity index (χ0v) is 77.2. The molecule has 47 heteroatoms. The van der Waals surface area contributed by atoms with E-state index in [0.29, 0.717) is 115 Å². The Hall–Kier alpha value is -19.0. The van der Waals surface area contributed by atoms with Gasteiger partial charge in [0, 0.05) is 120 Å². The fourth-order valence-electron chi connectivity index (χ4n) is 18.8. The van der Waals surface area contributed by atoms with Crippen LogP contribution >= 0.6 is 0 Å². The van der Waals surface area contributed by atoms with E-state index in [0.717, 1.165) is 52.0 Å². The molecule has 5 saturated heterocycles. The third-order valence-corrected chi connectivity index (χ3v) is 26.1. The number of halogens is 2. The van der Waals surface area contributed by atoms with Crippen molar-refractivity contribution in [3.8, 4) is 28.7 Å². The standard InChI is InChI=1S/C21H18N4O5.2C20H15FN4O5.C20H16N4O5.C17H16N4O5/c1-11-3-6-16-15(22-11)8-17(30-16)21(19(27)23-20(28)24-21)10-25-9-12-4-5-13(29-2)7-14(12)18(25)26;1-29-12-3-2-10-8-25(17(26)13(10)5-12)9-20(18(27)23-19(28)24-20)16-6-14-15(30-16)4-11(21)7-22-14;1-29-12-3-2-10-8-25(17(26)13(10)5-12)9-20(18(27)23-19(28)24-20)15-4-11-6-22-7-14(21)16(11)30-15;1-28-13-3-2-11-9-24(17(25)14(11)7-13)10-20(18(26)22-19(27)23-20)16-6-12-8-21-5-4-15(12)29-16;1-9-5-13(26-20-9)17(15(23)18-16(24)19-17)8-21-7-10-3-4-11(25-2)6-12(10)14(21)22/h3-8H,9-10H2,1-2H3,(H2,23,24,27,28);2*2-7H,8-9H2,1H3,(H2,23,24,27,28);2-8H,9-10H2,1H3,(H2,22,23,26,27);3-6H,7-8H2,1-2H3,(H2,18,19,23,24)/t21-;3*20-;17-/m00000/s1. The minimum absolute atomic E-state index is 0.00841. The summed E-state index contributed by atoms with van der Waals surface area (Å²) in [5, 5.41) is 29.0. The Labute approximate surface area is 814 Å². The van der Waals surface area contributed by atoms with Crippen molar-refractivity contribution >= 4 is 133 Å². The van der Waals surface area contributed by atoms with E-state index in [1.165, 1.54) is 78.4 Å². The number of furan rings is 4. The van der Waals surface area contributed by atoms with Crippen molar-refractivity contribution in [1.82, 2.24) is 103 Å². The lowest BCUT2D eigenvalue weighted by molar-refractivity contribution is -0.126. The molecule has 145 heavy (non-hydrogen) atoms. The van der Waals surface area contributed by atoms with Crippen LogP contribution in [0.1, 0.15) is 120 Å². The Kier molecular flexibility index (Phi) is 23.2. The van der Waals surface area contributed by atoms with Crippen molar-refractivity contribution in [2.75, 3.05) is 68.3 Å². The maximum atomic E-state index is 14.1. The SMILES string of the molecule is COc1ccc2c(c1)C(=O)N(C[C@@]1(c3cc(C)no3)NC(=O)NC1=O)C2.COc1ccc2c(c1)C(=O)N(C[C@@]1(c3cc4cncc(F)c4o3)NC(=O)NC1=O)C2.COc1ccc2c(c1)C(=O)N(C[C@@]1(c3cc4cnccc4o3)NC(=O)NC1=O)C2.COc1ccc2c(c1)C(=O)N(C[C@@]1(c3cc4nc(C)ccc4o3)NC(=O)NC1=O)C2.COc1ccc2c(c1)C(=O)N(C[C@@]1(c3cc4ncc(F)cc4o3)NC(=O)NC1=O)C2. The fourth-order valence-corrected chi connectivity index (χ4v) is 18.8. The molecule has 24 rings (SSSR count). The van der Waals surface area contributed by atoms with Crippen molar-refractivity contribution in [2.45, 2.75) is 74.3 Å². The third-order valence-electron chi connectivity index (χ3n) is 26.1. The van der Waals surface area contributed by atoms with Crippen LogP contribution in [0.5, 0.6) is 28.7 Å². The highest BCUT2D eigenvalue weighted by molar-refractivity contribution is 6.13. The zero-order chi connectivity index (χ0) is 102. The number of aromatic nitrogens is 5. The van der Waals surface area contributed by atoms with Crippen LogP contribution in [0.4, 0.5) is 32.8 Å². The number of ether oxygens (including phenoxy) is 5. The summed E-state index contributed by atoms with van der Waals surface area (Å²) in [7, 11) is 7.59. The first-order valence-electron chi connectivity index (χ1n) is 44.4. The van der Waals surface area contributed by atoms with Gasteiger partial charge in [0.25, 0.3) is 59.1 Å². The molecule has 45 nitrogen and oxygen atoms in total. The summed E-state index contributed by atoms with van der Waals surface area (Å²) in [6.07, 6.45) is 6.58. The largest absolute Gasteiger partial charge is 0.497 e. The number of pyridine rings is 4. The van der Waals surface area contributed by atoms with E-state index in [1.807, 2.05) is 25.1 Å². The number of hydrogen-bond donors (Lipinski definition) is 10. The summed E-state index contributed by atoms with van der Waals surface area (Å²) >= 11 is 0. The predicted octanol–water partition coefficient (Wildman–Crippen LogP) is 7.38. The number of aryl methyl sites for hydroxylation is 2. The number of carbonyl (C=O) groups excluding carboxylic acids is 15. The summed E-state index contributed by atoms with van der Waals surface area (Å²) in [6.45, 7) is 4.36. The highest BCUT2D eigenvalue weighted by Crippen LogP contribution is 2.43. The molecule has 0 aliphatic carbocycles. The maximum Gasteiger partial charge on any atom is 0.322 e. The average Bonchev–Trinajstić information content (AvgIpc) is 1.61. The van der Waals surface area contributed by atoms with Gasteiger partial charge in [-0.3, -0.25) is 84.5 Å². The summed E-state index contributed by atoms with van der Waals surface area (Å²) < 4.78 is 81.8. The van der Waals surface area contributed by atoms with E-state index in [-0.39, 0.29) is 115 Å². The van der Waals surface area contributed by atoms with Crippen LogP contribution in [0.2, 0.25) is 0 Å². The van der Waals surface area contributed by atoms with Crippen molar-refractivity contribution in [2.24, 2.45) is 0 Å². The lowest BCUT2D eigenvalue weighted by Crippen LogP contribution is -2.52. The molecule has 5 aromatic carbocycles. The van der Waals surface area contributed by atoms with Crippen LogP contribution < -0.4 is 76.9 Å². The number of methoxy groups -OCH3 is 5. The third kappa shape index (κ3) is 16.5. The van der Waals surface area contributed by atoms with Crippen LogP contribution in [0.25, 0.3) is 44.1 Å². The molecule has 14 aromatic rings. The molecule has 0 spiro atoms. The highest BCUT2D eigenvalue weighted by Gasteiger charge is 2.59. The monoisotopic (exact) mass is 1970 g/mol. The Morgan fingerprint density at radius 1 is 0.331 bits per heavy atom. The van der Waals surface area contributed by atoms with Gasteiger partial charge < -0.3 is 97.0 Å². The van der Waals surface area contributed by atoms with Crippen LogP contribution in [0.3, 0.4) is 0 Å². The predicted molar refractivity (Wildman–Crippen MR) is 492 cm³/mol. The first-order valence-corrected chi connectivity index (χ1v) is 44.4. The molecule has 5 atom stereocenters. The number of hydrogen-bond acceptors (Lipinski definition) is 30. The lowest BCUT2D eigenvalue weighted by atomic mass is 9.95. The molecule has 20 amide bonds. The van der Waals surface area contributed by atoms with Crippen molar-refractivity contribution < 1.29 is 127 Å². The molecule has 5 fully saturated rings. The van der Waals surface area contributed by atoms with Gasteiger partial charge in [-0.15, -0.1) is 0 Å². The number of nitrogens with zero attached hydrogens (tertiary/aromatic N) is 10. The first-order chi connectivity index (χ1) is 69.6. The van der Waals surface area contributed by atoms with Gasteiger partial charge in [-0.05, 0) is 133 Å². The van der Waals surface area contributed by atoms with Crippen LogP contribution in [-0.4, -0.2) is 207 Å². The number of nitrogens with one attached hydrogen (secondary N) is 10. The molecule has 0 bridgehead atoms. The zero-order valence-electron chi connectivity index (χ0n) is 77.2. The van der Waals surface area contributed by atoms with E-state index in [9.17, 15) is 80.7 Å². The van der Waals surface area contributed by atoms with Crippen LogP contribution in [0.15, 0.2) is 199 Å². The molecule has 0 radical (unpaired) electrons. The molecular formula is C98H80F2N20O25. The molecule has 19 heterocycles. The van der Waals surface area contributed by atoms with E-state index in [1.54, 1.807) is 129 Å². The van der Waals surface area contributed by atoms with Crippen LogP contribution in [0, 0.1) is 25.5 Å².